The molecule has 12 nitrogen and oxygen atoms in total. The van der Waals surface area contributed by atoms with Crippen molar-refractivity contribution in [1.82, 2.24) is 20.9 Å². The van der Waals surface area contributed by atoms with E-state index in [1.807, 2.05) is 13.8 Å². The molecule has 0 spiro atoms. The second kappa shape index (κ2) is 14.0. The molecular formula is C28H42N4O8. The lowest BCUT2D eigenvalue weighted by atomic mass is 10.0. The number of carboxylic acids is 1. The molecule has 4 atom stereocenters. The second-order valence-electron chi connectivity index (χ2n) is 11.5. The van der Waals surface area contributed by atoms with Crippen molar-refractivity contribution in [2.45, 2.75) is 97.0 Å². The van der Waals surface area contributed by atoms with Gasteiger partial charge in [0.15, 0.2) is 0 Å². The smallest absolute Gasteiger partial charge is 0.410 e. The number of rotatable bonds is 11. The van der Waals surface area contributed by atoms with E-state index in [1.54, 1.807) is 32.9 Å². The molecule has 1 aliphatic heterocycles. The fourth-order valence-corrected chi connectivity index (χ4v) is 4.27. The molecule has 1 aromatic carbocycles. The molecule has 0 bridgehead atoms. The molecule has 40 heavy (non-hydrogen) atoms. The Balaban J connectivity index is 2.26. The van der Waals surface area contributed by atoms with E-state index in [0.29, 0.717) is 24.9 Å². The van der Waals surface area contributed by atoms with Crippen LogP contribution in [0.4, 0.5) is 4.79 Å². The van der Waals surface area contributed by atoms with E-state index in [4.69, 9.17) is 9.84 Å². The molecule has 5 N–H and O–H groups in total. The number of nitrogens with zero attached hydrogens (tertiary/aromatic N) is 1. The molecule has 12 heteroatoms. The Bertz CT molecular complexity index is 1070. The minimum absolute atomic E-state index is 0.0119. The van der Waals surface area contributed by atoms with Crippen molar-refractivity contribution in [3.63, 3.8) is 0 Å². The zero-order valence-electron chi connectivity index (χ0n) is 24.0. The molecule has 1 aliphatic rings. The number of nitrogens with one attached hydrogen (secondary N) is 3. The molecule has 1 aromatic rings. The van der Waals surface area contributed by atoms with Crippen LogP contribution in [-0.4, -0.2) is 81.2 Å². The summed E-state index contributed by atoms with van der Waals surface area (Å²) in [5, 5.41) is 26.6. The fourth-order valence-electron chi connectivity index (χ4n) is 4.27. The molecule has 1 heterocycles. The van der Waals surface area contributed by atoms with E-state index in [-0.39, 0.29) is 24.5 Å². The van der Waals surface area contributed by atoms with Crippen LogP contribution in [0.15, 0.2) is 24.3 Å². The normalized spacial score (nSPS) is 17.5. The van der Waals surface area contributed by atoms with E-state index in [0.717, 1.165) is 0 Å². The molecular weight excluding hydrogens is 520 g/mol. The van der Waals surface area contributed by atoms with Crippen LogP contribution in [0.3, 0.4) is 0 Å². The number of carboxylic acid groups (broad SMARTS) is 1. The van der Waals surface area contributed by atoms with Crippen LogP contribution in [0.2, 0.25) is 0 Å². The largest absolute Gasteiger partial charge is 0.508 e. The van der Waals surface area contributed by atoms with Crippen LogP contribution in [0.25, 0.3) is 0 Å². The zero-order chi connectivity index (χ0) is 30.2. The third-order valence-electron chi connectivity index (χ3n) is 6.26. The topological polar surface area (TPSA) is 174 Å². The van der Waals surface area contributed by atoms with E-state index < -0.39 is 59.6 Å². The molecule has 222 valence electrons. The van der Waals surface area contributed by atoms with Gasteiger partial charge in [0.2, 0.25) is 17.7 Å². The van der Waals surface area contributed by atoms with Crippen LogP contribution < -0.4 is 16.0 Å². The highest BCUT2D eigenvalue weighted by molar-refractivity contribution is 5.95. The van der Waals surface area contributed by atoms with Gasteiger partial charge in [0.05, 0.1) is 0 Å². The molecule has 4 amide bonds. The summed E-state index contributed by atoms with van der Waals surface area (Å²) in [4.78, 5) is 65.0. The maximum atomic E-state index is 13.5. The number of hydrogen-bond donors (Lipinski definition) is 5. The van der Waals surface area contributed by atoms with Gasteiger partial charge in [-0.1, -0.05) is 26.0 Å². The van der Waals surface area contributed by atoms with Crippen molar-refractivity contribution in [1.29, 1.82) is 0 Å². The summed E-state index contributed by atoms with van der Waals surface area (Å²) >= 11 is 0. The predicted octanol–water partition coefficient (Wildman–Crippen LogP) is 1.94. The molecule has 0 saturated carbocycles. The average Bonchev–Trinajstić information content (AvgIpc) is 3.33. The maximum absolute atomic E-state index is 13.5. The molecule has 0 radical (unpaired) electrons. The Hall–Kier alpha value is -3.83. The van der Waals surface area contributed by atoms with Crippen LogP contribution in [0.5, 0.6) is 5.75 Å². The van der Waals surface area contributed by atoms with Gasteiger partial charge < -0.3 is 30.9 Å². The Labute approximate surface area is 234 Å². The lowest BCUT2D eigenvalue weighted by Gasteiger charge is -2.29. The van der Waals surface area contributed by atoms with Gasteiger partial charge in [0.1, 0.15) is 35.5 Å². The molecule has 0 aromatic heterocycles. The number of phenols is 1. The van der Waals surface area contributed by atoms with Gasteiger partial charge in [0.25, 0.3) is 0 Å². The van der Waals surface area contributed by atoms with Gasteiger partial charge in [-0.05, 0) is 70.6 Å². The van der Waals surface area contributed by atoms with Gasteiger partial charge in [-0.15, -0.1) is 0 Å². The van der Waals surface area contributed by atoms with Crippen LogP contribution in [0.1, 0.15) is 66.4 Å². The third kappa shape index (κ3) is 10.0. The number of phenolic OH excluding ortho intramolecular Hbond substituents is 1. The van der Waals surface area contributed by atoms with Crippen molar-refractivity contribution in [2.75, 3.05) is 6.54 Å². The van der Waals surface area contributed by atoms with E-state index >= 15 is 0 Å². The van der Waals surface area contributed by atoms with Crippen molar-refractivity contribution < 1.29 is 38.9 Å². The number of hydrogen-bond acceptors (Lipinski definition) is 7. The monoisotopic (exact) mass is 562 g/mol. The maximum Gasteiger partial charge on any atom is 0.410 e. The summed E-state index contributed by atoms with van der Waals surface area (Å²) in [5.74, 6) is -3.03. The van der Waals surface area contributed by atoms with E-state index in [9.17, 15) is 29.1 Å². The molecule has 1 saturated heterocycles. The van der Waals surface area contributed by atoms with Crippen LogP contribution in [-0.2, 0) is 30.3 Å². The number of carbonyl (C=O) groups is 5. The minimum atomic E-state index is -1.22. The highest BCUT2D eigenvalue weighted by Crippen LogP contribution is 2.21. The first-order chi connectivity index (χ1) is 18.6. The van der Waals surface area contributed by atoms with E-state index in [1.165, 1.54) is 24.0 Å². The molecule has 0 aliphatic carbocycles. The number of carbonyl (C=O) groups excluding carboxylic acids is 4. The first kappa shape index (κ1) is 32.4. The zero-order valence-corrected chi connectivity index (χ0v) is 24.0. The molecule has 1 fully saturated rings. The summed E-state index contributed by atoms with van der Waals surface area (Å²) in [6, 6.07) is 1.96. The number of aromatic hydroxyl groups is 1. The predicted molar refractivity (Wildman–Crippen MR) is 146 cm³/mol. The van der Waals surface area contributed by atoms with Gasteiger partial charge in [-0.25, -0.2) is 4.79 Å². The first-order valence-electron chi connectivity index (χ1n) is 13.5. The average molecular weight is 563 g/mol. The highest BCUT2D eigenvalue weighted by Gasteiger charge is 2.38. The fraction of sp³-hybridized carbons (Fsp3) is 0.607. The highest BCUT2D eigenvalue weighted by atomic mass is 16.6. The first-order valence-corrected chi connectivity index (χ1v) is 13.5. The summed E-state index contributed by atoms with van der Waals surface area (Å²) in [6.45, 7) is 10.6. The summed E-state index contributed by atoms with van der Waals surface area (Å²) in [6.07, 6.45) is 0.636. The summed E-state index contributed by atoms with van der Waals surface area (Å²) in [7, 11) is 0. The van der Waals surface area contributed by atoms with Crippen molar-refractivity contribution in [3.05, 3.63) is 29.8 Å². The summed E-state index contributed by atoms with van der Waals surface area (Å²) in [5.41, 5.74) is -0.107. The molecule has 0 unspecified atom stereocenters. The van der Waals surface area contributed by atoms with Gasteiger partial charge in [0, 0.05) is 13.0 Å². The van der Waals surface area contributed by atoms with Crippen molar-refractivity contribution >= 4 is 29.8 Å². The third-order valence-corrected chi connectivity index (χ3v) is 6.26. The number of aliphatic carboxylic acids is 1. The van der Waals surface area contributed by atoms with Gasteiger partial charge >= 0.3 is 12.1 Å². The number of benzene rings is 1. The summed E-state index contributed by atoms with van der Waals surface area (Å²) < 4.78 is 5.44. The second-order valence-corrected chi connectivity index (χ2v) is 11.5. The minimum Gasteiger partial charge on any atom is -0.508 e. The van der Waals surface area contributed by atoms with Crippen molar-refractivity contribution in [2.24, 2.45) is 5.92 Å². The number of amides is 4. The van der Waals surface area contributed by atoms with E-state index in [2.05, 4.69) is 16.0 Å². The van der Waals surface area contributed by atoms with Gasteiger partial charge in [-0.3, -0.25) is 24.1 Å². The Kier molecular flexibility index (Phi) is 11.3. The quantitative estimate of drug-likeness (QED) is 0.272. The molecule has 2 rings (SSSR count). The number of likely N-dealkylation sites (tertiary alicyclic amines) is 1. The Morgan fingerprint density at radius 2 is 1.57 bits per heavy atom. The number of ether oxygens (including phenoxy) is 1. The Morgan fingerprint density at radius 1 is 0.975 bits per heavy atom. The van der Waals surface area contributed by atoms with Crippen LogP contribution >= 0.6 is 0 Å². The van der Waals surface area contributed by atoms with Crippen LogP contribution in [0, 0.1) is 5.92 Å². The standard InChI is InChI=1S/C28H42N4O8/c1-16(2)14-20(23(34)29-17(3)26(37)38)30-24(35)21(15-18-9-11-19(33)12-10-18)31-25(36)22-8-7-13-32(22)27(39)40-28(4,5)6/h9-12,16-17,20-22,33H,7-8,13-15H2,1-6H3,(H,29,34)(H,30,35)(H,31,36)(H,37,38)/t17-,20-,21-,22-/m0/s1. The lowest BCUT2D eigenvalue weighted by molar-refractivity contribution is -0.142. The SMILES string of the molecule is CC(C)C[C@H](NC(=O)[C@H](Cc1ccc(O)cc1)NC(=O)[C@@H]1CCCN1C(=O)OC(C)(C)C)C(=O)N[C@@H](C)C(=O)O. The van der Waals surface area contributed by atoms with Gasteiger partial charge in [-0.2, -0.15) is 0 Å². The van der Waals surface area contributed by atoms with Crippen molar-refractivity contribution in [3.8, 4) is 5.75 Å². The lowest BCUT2D eigenvalue weighted by Crippen LogP contribution is -2.58. The Morgan fingerprint density at radius 3 is 2.12 bits per heavy atom.